The van der Waals surface area contributed by atoms with E-state index in [4.69, 9.17) is 10.5 Å². The monoisotopic (exact) mass is 325 g/mol. The molecule has 0 aliphatic rings. The van der Waals surface area contributed by atoms with Crippen molar-refractivity contribution >= 4 is 11.8 Å². The molecule has 0 aliphatic heterocycles. The quantitative estimate of drug-likeness (QED) is 0.541. The Bertz CT molecular complexity index is 539. The molecule has 8 heteroatoms. The zero-order chi connectivity index (χ0) is 17.6. The van der Waals surface area contributed by atoms with Gasteiger partial charge in [-0.3, -0.25) is 10.1 Å². The smallest absolute Gasteiger partial charge is 0.407 e. The van der Waals surface area contributed by atoms with Crippen LogP contribution in [0.5, 0.6) is 0 Å². The Kier molecular flexibility index (Phi) is 6.47. The zero-order valence-corrected chi connectivity index (χ0v) is 13.5. The molecule has 2 unspecified atom stereocenters. The minimum atomic E-state index is -0.976. The first-order chi connectivity index (χ1) is 10.6. The average Bonchev–Trinajstić information content (AvgIpc) is 2.44. The summed E-state index contributed by atoms with van der Waals surface area (Å²) in [5.41, 5.74) is 5.74. The number of rotatable bonds is 6. The summed E-state index contributed by atoms with van der Waals surface area (Å²) in [4.78, 5) is 21.6. The fourth-order valence-electron chi connectivity index (χ4n) is 1.85. The second-order valence-electron chi connectivity index (χ2n) is 6.17. The second kappa shape index (κ2) is 7.89. The molecule has 4 N–H and O–H groups in total. The number of nitro groups is 1. The Balaban J connectivity index is 2.46. The van der Waals surface area contributed by atoms with Crippen molar-refractivity contribution in [2.45, 2.75) is 44.9 Å². The Hall–Kier alpha value is -2.19. The molecule has 1 amide bonds. The molecule has 0 aliphatic carbocycles. The molecule has 23 heavy (non-hydrogen) atoms. The highest BCUT2D eigenvalue weighted by Crippen LogP contribution is 2.20. The van der Waals surface area contributed by atoms with Gasteiger partial charge in [0, 0.05) is 24.7 Å². The van der Waals surface area contributed by atoms with E-state index in [0.717, 1.165) is 0 Å². The Morgan fingerprint density at radius 3 is 2.43 bits per heavy atom. The Morgan fingerprint density at radius 1 is 1.39 bits per heavy atom. The zero-order valence-electron chi connectivity index (χ0n) is 13.5. The number of non-ortho nitro benzene ring substituents is 1. The van der Waals surface area contributed by atoms with Crippen molar-refractivity contribution in [3.8, 4) is 0 Å². The van der Waals surface area contributed by atoms with E-state index in [2.05, 4.69) is 5.32 Å². The molecule has 0 saturated carbocycles. The number of aliphatic hydroxyl groups is 1. The number of alkyl carbamates (subject to hydrolysis) is 1. The van der Waals surface area contributed by atoms with E-state index in [1.54, 1.807) is 20.8 Å². The van der Waals surface area contributed by atoms with Crippen LogP contribution in [-0.4, -0.2) is 34.3 Å². The van der Waals surface area contributed by atoms with Crippen molar-refractivity contribution in [1.82, 2.24) is 5.32 Å². The lowest BCUT2D eigenvalue weighted by atomic mass is 10.0. The van der Waals surface area contributed by atoms with E-state index >= 15 is 0 Å². The van der Waals surface area contributed by atoms with Crippen LogP contribution in [0.25, 0.3) is 0 Å². The van der Waals surface area contributed by atoms with Crippen LogP contribution in [0.4, 0.5) is 10.5 Å². The number of carbonyl (C=O) groups excluding carboxylic acids is 1. The van der Waals surface area contributed by atoms with Crippen LogP contribution in [0.2, 0.25) is 0 Å². The van der Waals surface area contributed by atoms with Gasteiger partial charge in [-0.2, -0.15) is 0 Å². The number of amides is 1. The molecule has 0 saturated heterocycles. The van der Waals surface area contributed by atoms with Gasteiger partial charge in [0.05, 0.1) is 11.0 Å². The van der Waals surface area contributed by atoms with Crippen molar-refractivity contribution in [1.29, 1.82) is 0 Å². The number of benzene rings is 1. The third-order valence-electron chi connectivity index (χ3n) is 3.00. The van der Waals surface area contributed by atoms with Gasteiger partial charge in [-0.25, -0.2) is 4.79 Å². The van der Waals surface area contributed by atoms with Crippen LogP contribution in [0.1, 0.15) is 38.9 Å². The van der Waals surface area contributed by atoms with E-state index in [0.29, 0.717) is 12.0 Å². The predicted octanol–water partition coefficient (Wildman–Crippen LogP) is 1.87. The third-order valence-corrected chi connectivity index (χ3v) is 3.00. The predicted molar refractivity (Wildman–Crippen MR) is 84.9 cm³/mol. The van der Waals surface area contributed by atoms with Gasteiger partial charge in [-0.05, 0) is 44.9 Å². The number of nitrogens with two attached hydrogens (primary N) is 1. The number of carbonyl (C=O) groups is 1. The topological polar surface area (TPSA) is 128 Å². The lowest BCUT2D eigenvalue weighted by Crippen LogP contribution is -2.37. The summed E-state index contributed by atoms with van der Waals surface area (Å²) in [5, 5.41) is 23.3. The van der Waals surface area contributed by atoms with Gasteiger partial charge in [0.1, 0.15) is 5.60 Å². The molecule has 0 aromatic heterocycles. The number of hydrogen-bond donors (Lipinski definition) is 3. The first-order valence-corrected chi connectivity index (χ1v) is 7.25. The summed E-state index contributed by atoms with van der Waals surface area (Å²) in [6.07, 6.45) is -1.19. The molecule has 0 radical (unpaired) electrons. The Labute approximate surface area is 134 Å². The van der Waals surface area contributed by atoms with Gasteiger partial charge in [-0.15, -0.1) is 0 Å². The van der Waals surface area contributed by atoms with Crippen LogP contribution in [-0.2, 0) is 4.74 Å². The largest absolute Gasteiger partial charge is 0.444 e. The summed E-state index contributed by atoms with van der Waals surface area (Å²) in [6.45, 7) is 5.53. The van der Waals surface area contributed by atoms with Gasteiger partial charge in [-0.1, -0.05) is 0 Å². The molecular formula is C15H23N3O5. The van der Waals surface area contributed by atoms with Crippen molar-refractivity contribution in [3.05, 3.63) is 39.9 Å². The van der Waals surface area contributed by atoms with E-state index in [-0.39, 0.29) is 12.2 Å². The van der Waals surface area contributed by atoms with Crippen LogP contribution >= 0.6 is 0 Å². The Morgan fingerprint density at radius 2 is 1.96 bits per heavy atom. The normalized spacial score (nSPS) is 14.0. The standard InChI is InChI=1S/C15H23N3O5/c1-15(2,3)23-14(20)17-9-8-12(16)13(19)10-4-6-11(7-5-10)18(21)22/h4-7,12-13,19H,8-9,16H2,1-3H3,(H,17,20). The van der Waals surface area contributed by atoms with E-state index in [1.807, 2.05) is 0 Å². The van der Waals surface area contributed by atoms with Crippen molar-refractivity contribution in [2.24, 2.45) is 5.73 Å². The number of aliphatic hydroxyl groups excluding tert-OH is 1. The van der Waals surface area contributed by atoms with Crippen LogP contribution in [0.3, 0.4) is 0 Å². The first-order valence-electron chi connectivity index (χ1n) is 7.25. The highest BCUT2D eigenvalue weighted by atomic mass is 16.6. The molecule has 0 heterocycles. The minimum absolute atomic E-state index is 0.0545. The van der Waals surface area contributed by atoms with Crippen LogP contribution < -0.4 is 11.1 Å². The first kappa shape index (κ1) is 18.9. The van der Waals surface area contributed by atoms with Crippen molar-refractivity contribution < 1.29 is 19.6 Å². The maximum absolute atomic E-state index is 11.5. The molecule has 128 valence electrons. The average molecular weight is 325 g/mol. The van der Waals surface area contributed by atoms with Gasteiger partial charge in [0.25, 0.3) is 5.69 Å². The third kappa shape index (κ3) is 6.62. The molecular weight excluding hydrogens is 302 g/mol. The van der Waals surface area contributed by atoms with Gasteiger partial charge in [0.2, 0.25) is 0 Å². The summed E-state index contributed by atoms with van der Waals surface area (Å²) >= 11 is 0. The summed E-state index contributed by atoms with van der Waals surface area (Å²) in [6, 6.07) is 4.92. The number of nitro benzene ring substituents is 1. The van der Waals surface area contributed by atoms with E-state index < -0.39 is 28.8 Å². The summed E-state index contributed by atoms with van der Waals surface area (Å²) < 4.78 is 5.08. The number of hydrogen-bond acceptors (Lipinski definition) is 6. The molecule has 2 atom stereocenters. The fourth-order valence-corrected chi connectivity index (χ4v) is 1.85. The SMILES string of the molecule is CC(C)(C)OC(=O)NCCC(N)C(O)c1ccc([N+](=O)[O-])cc1. The lowest BCUT2D eigenvalue weighted by molar-refractivity contribution is -0.384. The molecule has 0 spiro atoms. The van der Waals surface area contributed by atoms with E-state index in [1.165, 1.54) is 24.3 Å². The maximum atomic E-state index is 11.5. The van der Waals surface area contributed by atoms with Gasteiger partial charge in [0.15, 0.2) is 0 Å². The minimum Gasteiger partial charge on any atom is -0.444 e. The van der Waals surface area contributed by atoms with E-state index in [9.17, 15) is 20.0 Å². The van der Waals surface area contributed by atoms with Crippen molar-refractivity contribution in [2.75, 3.05) is 6.54 Å². The van der Waals surface area contributed by atoms with Crippen LogP contribution in [0.15, 0.2) is 24.3 Å². The van der Waals surface area contributed by atoms with Crippen LogP contribution in [0, 0.1) is 10.1 Å². The van der Waals surface area contributed by atoms with Gasteiger partial charge >= 0.3 is 6.09 Å². The lowest BCUT2D eigenvalue weighted by Gasteiger charge is -2.21. The number of nitrogens with one attached hydrogen (secondary N) is 1. The number of ether oxygens (including phenoxy) is 1. The molecule has 0 bridgehead atoms. The molecule has 8 nitrogen and oxygen atoms in total. The maximum Gasteiger partial charge on any atom is 0.407 e. The summed E-state index contributed by atoms with van der Waals surface area (Å²) in [5.74, 6) is 0. The van der Waals surface area contributed by atoms with Crippen molar-refractivity contribution in [3.63, 3.8) is 0 Å². The summed E-state index contributed by atoms with van der Waals surface area (Å²) in [7, 11) is 0. The molecule has 1 aromatic rings. The molecule has 0 fully saturated rings. The fraction of sp³-hybridized carbons (Fsp3) is 0.533. The molecule has 1 rings (SSSR count). The molecule has 1 aromatic carbocycles. The van der Waals surface area contributed by atoms with Gasteiger partial charge < -0.3 is 20.9 Å². The second-order valence-corrected chi connectivity index (χ2v) is 6.17. The highest BCUT2D eigenvalue weighted by molar-refractivity contribution is 5.67. The highest BCUT2D eigenvalue weighted by Gasteiger charge is 2.19. The number of nitrogens with zero attached hydrogens (tertiary/aromatic N) is 1.